The Morgan fingerprint density at radius 2 is 1.95 bits per heavy atom. The van der Waals surface area contributed by atoms with Gasteiger partial charge in [0.1, 0.15) is 0 Å². The fourth-order valence-corrected chi connectivity index (χ4v) is 2.73. The smallest absolute Gasteiger partial charge is 0.240 e. The molecule has 0 heterocycles. The van der Waals surface area contributed by atoms with Crippen LogP contribution >= 0.6 is 0 Å². The van der Waals surface area contributed by atoms with Crippen LogP contribution in [0.1, 0.15) is 13.3 Å². The molecule has 0 radical (unpaired) electrons. The summed E-state index contributed by atoms with van der Waals surface area (Å²) in [6.07, 6.45) is 0.483. The summed E-state index contributed by atoms with van der Waals surface area (Å²) < 4.78 is 31.4. The standard InChI is InChI=1S/C13H21N3O4S/c1-10(17)16-12-3-5-13(6-4-12)21(18,19)15-8-7-11(14)9-20-2/h3-6,11,15H,7-9,14H2,1-2H3,(H,16,17). The van der Waals surface area contributed by atoms with Gasteiger partial charge in [-0.1, -0.05) is 0 Å². The molecule has 0 spiro atoms. The zero-order chi connectivity index (χ0) is 15.9. The van der Waals surface area contributed by atoms with E-state index in [-0.39, 0.29) is 23.4 Å². The third kappa shape index (κ3) is 6.21. The number of nitrogens with one attached hydrogen (secondary N) is 2. The fourth-order valence-electron chi connectivity index (χ4n) is 1.68. The number of carbonyl (C=O) groups is 1. The number of ether oxygens (including phenoxy) is 1. The van der Waals surface area contributed by atoms with Crippen LogP contribution in [0, 0.1) is 0 Å². The lowest BCUT2D eigenvalue weighted by molar-refractivity contribution is -0.114. The van der Waals surface area contributed by atoms with Crippen LogP contribution in [0.3, 0.4) is 0 Å². The summed E-state index contributed by atoms with van der Waals surface area (Å²) in [4.78, 5) is 11.0. The quantitative estimate of drug-likeness (QED) is 0.638. The zero-order valence-electron chi connectivity index (χ0n) is 12.1. The van der Waals surface area contributed by atoms with Crippen LogP contribution in [0.4, 0.5) is 5.69 Å². The molecule has 4 N–H and O–H groups in total. The highest BCUT2D eigenvalue weighted by Gasteiger charge is 2.14. The zero-order valence-corrected chi connectivity index (χ0v) is 12.9. The molecule has 21 heavy (non-hydrogen) atoms. The monoisotopic (exact) mass is 315 g/mol. The summed E-state index contributed by atoms with van der Waals surface area (Å²) in [6.45, 7) is 2.00. The van der Waals surface area contributed by atoms with Crippen molar-refractivity contribution >= 4 is 21.6 Å². The van der Waals surface area contributed by atoms with Gasteiger partial charge in [-0.15, -0.1) is 0 Å². The number of sulfonamides is 1. The minimum atomic E-state index is -3.58. The Morgan fingerprint density at radius 3 is 2.48 bits per heavy atom. The molecule has 0 fully saturated rings. The van der Waals surface area contributed by atoms with Crippen molar-refractivity contribution in [2.75, 3.05) is 25.6 Å². The average molecular weight is 315 g/mol. The summed E-state index contributed by atoms with van der Waals surface area (Å²) in [5, 5.41) is 2.57. The van der Waals surface area contributed by atoms with E-state index in [2.05, 4.69) is 10.0 Å². The van der Waals surface area contributed by atoms with Crippen molar-refractivity contribution < 1.29 is 17.9 Å². The molecule has 1 rings (SSSR count). The van der Waals surface area contributed by atoms with Gasteiger partial charge in [0, 0.05) is 32.3 Å². The molecule has 1 aromatic carbocycles. The first-order valence-electron chi connectivity index (χ1n) is 6.47. The number of benzene rings is 1. The highest BCUT2D eigenvalue weighted by atomic mass is 32.2. The third-order valence-corrected chi connectivity index (χ3v) is 4.15. The van der Waals surface area contributed by atoms with Crippen LogP contribution in [0.2, 0.25) is 0 Å². The maximum atomic E-state index is 12.0. The second-order valence-corrected chi connectivity index (χ2v) is 6.37. The molecule has 0 saturated heterocycles. The molecule has 118 valence electrons. The summed E-state index contributed by atoms with van der Waals surface area (Å²) in [7, 11) is -2.03. The van der Waals surface area contributed by atoms with Crippen LogP contribution < -0.4 is 15.8 Å². The Labute approximate surface area is 124 Å². The van der Waals surface area contributed by atoms with Crippen molar-refractivity contribution in [3.8, 4) is 0 Å². The molecule has 1 aromatic rings. The maximum absolute atomic E-state index is 12.0. The van der Waals surface area contributed by atoms with Crippen LogP contribution in [-0.4, -0.2) is 40.6 Å². The van der Waals surface area contributed by atoms with Gasteiger partial charge in [-0.3, -0.25) is 4.79 Å². The van der Waals surface area contributed by atoms with E-state index in [1.807, 2.05) is 0 Å². The summed E-state index contributed by atoms with van der Waals surface area (Å²) >= 11 is 0. The molecule has 1 unspecified atom stereocenters. The van der Waals surface area contributed by atoms with E-state index in [1.54, 1.807) is 7.11 Å². The van der Waals surface area contributed by atoms with Crippen molar-refractivity contribution in [3.63, 3.8) is 0 Å². The second-order valence-electron chi connectivity index (χ2n) is 4.61. The Bertz CT molecular complexity index is 557. The largest absolute Gasteiger partial charge is 0.383 e. The lowest BCUT2D eigenvalue weighted by Crippen LogP contribution is -2.32. The average Bonchev–Trinajstić information content (AvgIpc) is 2.38. The van der Waals surface area contributed by atoms with Gasteiger partial charge in [0.05, 0.1) is 11.5 Å². The predicted molar refractivity (Wildman–Crippen MR) is 80.4 cm³/mol. The molecule has 0 aliphatic heterocycles. The molecule has 0 aromatic heterocycles. The van der Waals surface area contributed by atoms with E-state index in [1.165, 1.54) is 31.2 Å². The van der Waals surface area contributed by atoms with Crippen molar-refractivity contribution in [1.82, 2.24) is 4.72 Å². The highest BCUT2D eigenvalue weighted by Crippen LogP contribution is 2.13. The first-order chi connectivity index (χ1) is 9.85. The molecule has 7 nitrogen and oxygen atoms in total. The van der Waals surface area contributed by atoms with E-state index >= 15 is 0 Å². The number of carbonyl (C=O) groups excluding carboxylic acids is 1. The molecular weight excluding hydrogens is 294 g/mol. The Kier molecular flexibility index (Phi) is 6.76. The summed E-state index contributed by atoms with van der Waals surface area (Å²) in [5.74, 6) is -0.212. The molecular formula is C13H21N3O4S. The molecule has 1 amide bonds. The normalized spacial score (nSPS) is 12.9. The number of hydrogen-bond donors (Lipinski definition) is 3. The van der Waals surface area contributed by atoms with Crippen LogP contribution in [0.25, 0.3) is 0 Å². The van der Waals surface area contributed by atoms with E-state index in [0.29, 0.717) is 18.7 Å². The Hall–Kier alpha value is -1.48. The van der Waals surface area contributed by atoms with Crippen LogP contribution in [-0.2, 0) is 19.6 Å². The van der Waals surface area contributed by atoms with Gasteiger partial charge >= 0.3 is 0 Å². The number of nitrogens with two attached hydrogens (primary N) is 1. The third-order valence-electron chi connectivity index (χ3n) is 2.67. The van der Waals surface area contributed by atoms with Crippen LogP contribution in [0.5, 0.6) is 0 Å². The van der Waals surface area contributed by atoms with Crippen molar-refractivity contribution in [2.24, 2.45) is 5.73 Å². The number of amides is 1. The van der Waals surface area contributed by atoms with Gasteiger partial charge < -0.3 is 15.8 Å². The Balaban J connectivity index is 2.59. The van der Waals surface area contributed by atoms with E-state index in [4.69, 9.17) is 10.5 Å². The minimum absolute atomic E-state index is 0.136. The van der Waals surface area contributed by atoms with Crippen molar-refractivity contribution in [2.45, 2.75) is 24.3 Å². The van der Waals surface area contributed by atoms with Crippen LogP contribution in [0.15, 0.2) is 29.2 Å². The number of rotatable bonds is 8. The number of anilines is 1. The molecule has 0 saturated carbocycles. The molecule has 0 aliphatic carbocycles. The first kappa shape index (κ1) is 17.6. The summed E-state index contributed by atoms with van der Waals surface area (Å²) in [6, 6.07) is 5.73. The highest BCUT2D eigenvalue weighted by molar-refractivity contribution is 7.89. The first-order valence-corrected chi connectivity index (χ1v) is 7.95. The molecule has 0 bridgehead atoms. The topological polar surface area (TPSA) is 111 Å². The fraction of sp³-hybridized carbons (Fsp3) is 0.462. The van der Waals surface area contributed by atoms with Crippen molar-refractivity contribution in [3.05, 3.63) is 24.3 Å². The maximum Gasteiger partial charge on any atom is 0.240 e. The predicted octanol–water partition coefficient (Wildman–Crippen LogP) is 0.287. The molecule has 8 heteroatoms. The number of hydrogen-bond acceptors (Lipinski definition) is 5. The van der Waals surface area contributed by atoms with E-state index in [9.17, 15) is 13.2 Å². The van der Waals surface area contributed by atoms with Gasteiger partial charge in [-0.25, -0.2) is 13.1 Å². The van der Waals surface area contributed by atoms with Gasteiger partial charge in [-0.05, 0) is 30.7 Å². The minimum Gasteiger partial charge on any atom is -0.383 e. The lowest BCUT2D eigenvalue weighted by atomic mass is 10.2. The van der Waals surface area contributed by atoms with Gasteiger partial charge in [-0.2, -0.15) is 0 Å². The number of methoxy groups -OCH3 is 1. The summed E-state index contributed by atoms with van der Waals surface area (Å²) in [5.41, 5.74) is 6.26. The lowest BCUT2D eigenvalue weighted by Gasteiger charge is -2.11. The molecule has 0 aliphatic rings. The van der Waals surface area contributed by atoms with Crippen molar-refractivity contribution in [1.29, 1.82) is 0 Å². The molecule has 1 atom stereocenters. The van der Waals surface area contributed by atoms with E-state index in [0.717, 1.165) is 0 Å². The van der Waals surface area contributed by atoms with Gasteiger partial charge in [0.15, 0.2) is 0 Å². The second kappa shape index (κ2) is 8.08. The van der Waals surface area contributed by atoms with Gasteiger partial charge in [0.25, 0.3) is 0 Å². The van der Waals surface area contributed by atoms with E-state index < -0.39 is 10.0 Å². The SMILES string of the molecule is COCC(N)CCNS(=O)(=O)c1ccc(NC(C)=O)cc1. The van der Waals surface area contributed by atoms with Gasteiger partial charge in [0.2, 0.25) is 15.9 Å². The Morgan fingerprint density at radius 1 is 1.33 bits per heavy atom.